The Kier molecular flexibility index (Phi) is 1.24. The molecule has 2 aliphatic heterocycles. The summed E-state index contributed by atoms with van der Waals surface area (Å²) >= 11 is 5.60. The number of fused-ring (bicyclic) bond motifs is 1. The van der Waals surface area contributed by atoms with Gasteiger partial charge in [-0.3, -0.25) is 4.79 Å². The topological polar surface area (TPSA) is 20.3 Å². The Labute approximate surface area is 64.5 Å². The van der Waals surface area contributed by atoms with Crippen molar-refractivity contribution in [2.75, 3.05) is 5.88 Å². The maximum absolute atomic E-state index is 10.9. The minimum atomic E-state index is 0.231. The average Bonchev–Trinajstić information content (AvgIpc) is 2.25. The average molecular weight is 158 g/mol. The van der Waals surface area contributed by atoms with Crippen LogP contribution in [0.2, 0.25) is 0 Å². The maximum Gasteiger partial charge on any atom is 0.229 e. The van der Waals surface area contributed by atoms with Gasteiger partial charge < -0.3 is 4.90 Å². The van der Waals surface area contributed by atoms with Gasteiger partial charge in [-0.1, -0.05) is 6.08 Å². The van der Waals surface area contributed by atoms with Crippen molar-refractivity contribution in [2.24, 2.45) is 0 Å². The molecule has 1 saturated heterocycles. The molecule has 0 radical (unpaired) electrons. The summed E-state index contributed by atoms with van der Waals surface area (Å²) in [6.45, 7) is 0. The van der Waals surface area contributed by atoms with E-state index in [4.69, 9.17) is 11.6 Å². The van der Waals surface area contributed by atoms with Crippen LogP contribution in [0.3, 0.4) is 0 Å². The van der Waals surface area contributed by atoms with Gasteiger partial charge in [-0.2, -0.15) is 0 Å². The van der Waals surface area contributed by atoms with Crippen LogP contribution in [-0.4, -0.2) is 22.7 Å². The van der Waals surface area contributed by atoms with Gasteiger partial charge in [0.05, 0.1) is 5.88 Å². The molecule has 0 aromatic rings. The molecule has 0 spiro atoms. The molecule has 1 amide bonds. The Hall–Kier alpha value is -0.500. The van der Waals surface area contributed by atoms with Crippen LogP contribution in [0.4, 0.5) is 0 Å². The van der Waals surface area contributed by atoms with Crippen LogP contribution >= 0.6 is 11.6 Å². The minimum absolute atomic E-state index is 0.231. The molecule has 0 saturated carbocycles. The second-order valence-electron chi connectivity index (χ2n) is 2.69. The van der Waals surface area contributed by atoms with Gasteiger partial charge in [-0.25, -0.2) is 0 Å². The van der Waals surface area contributed by atoms with Crippen LogP contribution < -0.4 is 0 Å². The molecular weight excluding hydrogens is 150 g/mol. The van der Waals surface area contributed by atoms with Crippen LogP contribution in [0.5, 0.6) is 0 Å². The highest BCUT2D eigenvalue weighted by molar-refractivity contribution is 6.19. The van der Waals surface area contributed by atoms with Crippen molar-refractivity contribution >= 4 is 17.5 Å². The van der Waals surface area contributed by atoms with E-state index in [0.717, 1.165) is 18.5 Å². The highest BCUT2D eigenvalue weighted by Gasteiger charge is 2.40. The van der Waals surface area contributed by atoms with Crippen LogP contribution in [0.25, 0.3) is 0 Å². The number of carbonyl (C=O) groups is 1. The normalized spacial score (nSPS) is 29.7. The molecule has 54 valence electrons. The lowest BCUT2D eigenvalue weighted by atomic mass is 10.0. The third-order valence-electron chi connectivity index (χ3n) is 2.12. The smallest absolute Gasteiger partial charge is 0.229 e. The first-order chi connectivity index (χ1) is 4.83. The van der Waals surface area contributed by atoms with Gasteiger partial charge in [0, 0.05) is 18.2 Å². The number of nitrogens with zero attached hydrogens (tertiary/aromatic N) is 1. The van der Waals surface area contributed by atoms with Crippen LogP contribution in [-0.2, 0) is 4.79 Å². The molecule has 1 atom stereocenters. The highest BCUT2D eigenvalue weighted by atomic mass is 35.5. The minimum Gasteiger partial charge on any atom is -0.311 e. The van der Waals surface area contributed by atoms with E-state index in [1.165, 1.54) is 0 Å². The molecule has 0 N–H and O–H groups in total. The molecule has 1 fully saturated rings. The molecule has 3 heteroatoms. The van der Waals surface area contributed by atoms with Gasteiger partial charge in [0.2, 0.25) is 5.91 Å². The summed E-state index contributed by atoms with van der Waals surface area (Å²) in [4.78, 5) is 12.7. The second kappa shape index (κ2) is 1.99. The summed E-state index contributed by atoms with van der Waals surface area (Å²) in [6, 6.07) is 0.459. The molecule has 2 rings (SSSR count). The molecular formula is C7H8ClNO. The lowest BCUT2D eigenvalue weighted by molar-refractivity contribution is -0.141. The largest absolute Gasteiger partial charge is 0.311 e. The fraction of sp³-hybridized carbons (Fsp3) is 0.571. The molecule has 0 unspecified atom stereocenters. The van der Waals surface area contributed by atoms with Crippen molar-refractivity contribution < 1.29 is 4.79 Å². The Morgan fingerprint density at radius 3 is 3.10 bits per heavy atom. The van der Waals surface area contributed by atoms with Crippen LogP contribution in [0.15, 0.2) is 11.8 Å². The van der Waals surface area contributed by atoms with E-state index in [2.05, 4.69) is 6.08 Å². The molecule has 2 nitrogen and oxygen atoms in total. The van der Waals surface area contributed by atoms with E-state index in [0.29, 0.717) is 11.9 Å². The first-order valence-electron chi connectivity index (χ1n) is 3.40. The predicted octanol–water partition coefficient (Wildman–Crippen LogP) is 1.11. The first kappa shape index (κ1) is 6.23. The standard InChI is InChI=1S/C7H8ClNO/c8-4-6-2-1-5-3-7(10)9(5)6/h2,5H,1,3-4H2/t5-/m1/s1. The van der Waals surface area contributed by atoms with Gasteiger partial charge in [0.1, 0.15) is 0 Å². The molecule has 2 aliphatic rings. The monoisotopic (exact) mass is 157 g/mol. The van der Waals surface area contributed by atoms with Crippen molar-refractivity contribution in [1.29, 1.82) is 0 Å². The third kappa shape index (κ3) is 0.626. The van der Waals surface area contributed by atoms with Gasteiger partial charge in [0.15, 0.2) is 0 Å². The Morgan fingerprint density at radius 1 is 1.80 bits per heavy atom. The molecule has 10 heavy (non-hydrogen) atoms. The number of halogens is 1. The molecule has 0 aromatic carbocycles. The van der Waals surface area contributed by atoms with Gasteiger partial charge in [0.25, 0.3) is 0 Å². The fourth-order valence-corrected chi connectivity index (χ4v) is 1.79. The number of β-lactam (4-membered cyclic amide) rings is 1. The SMILES string of the molecule is O=C1C[C@H]2CC=C(CCl)N12. The molecule has 0 aromatic heterocycles. The summed E-state index contributed by atoms with van der Waals surface area (Å²) in [7, 11) is 0. The van der Waals surface area contributed by atoms with E-state index in [1.54, 1.807) is 0 Å². The number of rotatable bonds is 1. The maximum atomic E-state index is 10.9. The van der Waals surface area contributed by atoms with E-state index in [1.807, 2.05) is 4.90 Å². The fourth-order valence-electron chi connectivity index (χ4n) is 1.56. The zero-order chi connectivity index (χ0) is 7.14. The Balaban J connectivity index is 2.17. The van der Waals surface area contributed by atoms with Gasteiger partial charge in [-0.05, 0) is 6.42 Å². The number of hydrogen-bond acceptors (Lipinski definition) is 1. The summed E-state index contributed by atoms with van der Waals surface area (Å²) < 4.78 is 0. The van der Waals surface area contributed by atoms with Crippen molar-refractivity contribution in [3.8, 4) is 0 Å². The summed E-state index contributed by atoms with van der Waals surface area (Å²) in [5.74, 6) is 0.705. The number of alkyl halides is 1. The van der Waals surface area contributed by atoms with Crippen molar-refractivity contribution in [1.82, 2.24) is 4.90 Å². The van der Waals surface area contributed by atoms with E-state index >= 15 is 0 Å². The summed E-state index contributed by atoms with van der Waals surface area (Å²) in [5.41, 5.74) is 1.00. The van der Waals surface area contributed by atoms with E-state index in [-0.39, 0.29) is 5.91 Å². The number of amides is 1. The van der Waals surface area contributed by atoms with Crippen molar-refractivity contribution in [3.05, 3.63) is 11.8 Å². The quantitative estimate of drug-likeness (QED) is 0.413. The number of carbonyl (C=O) groups excluding carboxylic acids is 1. The lowest BCUT2D eigenvalue weighted by Crippen LogP contribution is -2.48. The Morgan fingerprint density at radius 2 is 2.60 bits per heavy atom. The number of allylic oxidation sites excluding steroid dienone is 1. The van der Waals surface area contributed by atoms with E-state index in [9.17, 15) is 4.79 Å². The highest BCUT2D eigenvalue weighted by Crippen LogP contribution is 2.33. The summed E-state index contributed by atoms with van der Waals surface area (Å²) in [5, 5.41) is 0. The molecule has 0 bridgehead atoms. The van der Waals surface area contributed by atoms with Crippen molar-refractivity contribution in [3.63, 3.8) is 0 Å². The first-order valence-corrected chi connectivity index (χ1v) is 3.93. The van der Waals surface area contributed by atoms with Crippen LogP contribution in [0.1, 0.15) is 12.8 Å². The lowest BCUT2D eigenvalue weighted by Gasteiger charge is -2.36. The second-order valence-corrected chi connectivity index (χ2v) is 2.95. The summed E-state index contributed by atoms with van der Waals surface area (Å²) in [6.07, 6.45) is 3.78. The number of hydrogen-bond donors (Lipinski definition) is 0. The zero-order valence-electron chi connectivity index (χ0n) is 5.51. The third-order valence-corrected chi connectivity index (χ3v) is 2.39. The Bertz CT molecular complexity index is 212. The van der Waals surface area contributed by atoms with Crippen LogP contribution in [0, 0.1) is 0 Å². The van der Waals surface area contributed by atoms with Crippen molar-refractivity contribution in [2.45, 2.75) is 18.9 Å². The zero-order valence-corrected chi connectivity index (χ0v) is 6.27. The molecule has 0 aliphatic carbocycles. The van der Waals surface area contributed by atoms with Gasteiger partial charge >= 0.3 is 0 Å². The molecule has 2 heterocycles. The predicted molar refractivity (Wildman–Crippen MR) is 38.7 cm³/mol. The van der Waals surface area contributed by atoms with E-state index < -0.39 is 0 Å². The van der Waals surface area contributed by atoms with Gasteiger partial charge in [-0.15, -0.1) is 11.6 Å².